The summed E-state index contributed by atoms with van der Waals surface area (Å²) in [4.78, 5) is 2.84. The largest absolute Gasteiger partial charge is 0.105 e. The Kier molecular flexibility index (Phi) is 2.93. The second-order valence-electron chi connectivity index (χ2n) is 4.32. The highest BCUT2D eigenvalue weighted by atomic mass is 32.2. The summed E-state index contributed by atoms with van der Waals surface area (Å²) in [5.74, 6) is 0. The van der Waals surface area contributed by atoms with Gasteiger partial charge in [-0.1, -0.05) is 30.3 Å². The monoisotopic (exact) mass is 258 g/mol. The molecule has 0 bridgehead atoms. The average molecular weight is 258 g/mol. The number of benzene rings is 2. The third kappa shape index (κ3) is 2.00. The van der Waals surface area contributed by atoms with E-state index in [1.165, 1.54) is 26.5 Å². The molecule has 0 unspecified atom stereocenters. The third-order valence-electron chi connectivity index (χ3n) is 3.10. The van der Waals surface area contributed by atoms with E-state index in [0.29, 0.717) is 4.58 Å². The van der Waals surface area contributed by atoms with Crippen molar-refractivity contribution in [2.45, 2.75) is 28.2 Å². The quantitative estimate of drug-likeness (QED) is 0.689. The molecule has 0 nitrogen and oxygen atoms in total. The molecule has 0 radical (unpaired) electrons. The number of thioether (sulfide) groups is 2. The van der Waals surface area contributed by atoms with Crippen LogP contribution in [0.3, 0.4) is 0 Å². The van der Waals surface area contributed by atoms with Gasteiger partial charge in [-0.2, -0.15) is 0 Å². The third-order valence-corrected chi connectivity index (χ3v) is 5.92. The minimum absolute atomic E-state index is 0.522. The molecule has 1 aliphatic heterocycles. The molecular weight excluding hydrogens is 244 g/mol. The van der Waals surface area contributed by atoms with Crippen LogP contribution in [-0.4, -0.2) is 0 Å². The minimum atomic E-state index is 0.522. The van der Waals surface area contributed by atoms with Gasteiger partial charge < -0.3 is 0 Å². The first-order valence-corrected chi connectivity index (χ1v) is 7.50. The molecule has 86 valence electrons. The second kappa shape index (κ2) is 4.43. The maximum Gasteiger partial charge on any atom is 0.0851 e. The smallest absolute Gasteiger partial charge is 0.0851 e. The summed E-state index contributed by atoms with van der Waals surface area (Å²) in [6.45, 7) is 4.43. The Bertz CT molecular complexity index is 515. The van der Waals surface area contributed by atoms with Crippen molar-refractivity contribution in [3.8, 4) is 0 Å². The molecule has 0 atom stereocenters. The molecule has 0 fully saturated rings. The molecule has 2 heteroatoms. The lowest BCUT2D eigenvalue weighted by Gasteiger charge is -2.14. The molecule has 0 spiro atoms. The van der Waals surface area contributed by atoms with Gasteiger partial charge >= 0.3 is 0 Å². The molecule has 1 heterocycles. The van der Waals surface area contributed by atoms with Crippen LogP contribution in [0.4, 0.5) is 0 Å². The molecule has 3 rings (SSSR count). The molecule has 1 aliphatic rings. The number of hydrogen-bond donors (Lipinski definition) is 0. The van der Waals surface area contributed by atoms with Crippen molar-refractivity contribution in [1.82, 2.24) is 0 Å². The Morgan fingerprint density at radius 1 is 0.765 bits per heavy atom. The van der Waals surface area contributed by atoms with Crippen LogP contribution in [0, 0.1) is 13.8 Å². The van der Waals surface area contributed by atoms with Crippen molar-refractivity contribution in [3.05, 3.63) is 59.2 Å². The van der Waals surface area contributed by atoms with Crippen LogP contribution in [0.1, 0.15) is 21.3 Å². The van der Waals surface area contributed by atoms with Crippen molar-refractivity contribution in [1.29, 1.82) is 0 Å². The fourth-order valence-corrected chi connectivity index (χ4v) is 5.44. The van der Waals surface area contributed by atoms with Gasteiger partial charge in [-0.3, -0.25) is 0 Å². The molecular formula is C15H14S2. The number of rotatable bonds is 1. The van der Waals surface area contributed by atoms with E-state index in [1.54, 1.807) is 0 Å². The van der Waals surface area contributed by atoms with Crippen LogP contribution >= 0.6 is 23.5 Å². The molecule has 2 aromatic carbocycles. The highest BCUT2D eigenvalue weighted by Crippen LogP contribution is 2.57. The van der Waals surface area contributed by atoms with Crippen molar-refractivity contribution in [2.75, 3.05) is 0 Å². The molecule has 0 N–H and O–H groups in total. The first kappa shape index (κ1) is 11.2. The Morgan fingerprint density at radius 2 is 1.29 bits per heavy atom. The Labute approximate surface area is 111 Å². The molecule has 0 aliphatic carbocycles. The zero-order valence-corrected chi connectivity index (χ0v) is 11.6. The van der Waals surface area contributed by atoms with Crippen LogP contribution in [0.5, 0.6) is 0 Å². The van der Waals surface area contributed by atoms with Crippen molar-refractivity contribution in [3.63, 3.8) is 0 Å². The van der Waals surface area contributed by atoms with Crippen LogP contribution in [-0.2, 0) is 0 Å². The zero-order chi connectivity index (χ0) is 11.8. The van der Waals surface area contributed by atoms with E-state index < -0.39 is 0 Å². The van der Waals surface area contributed by atoms with E-state index in [9.17, 15) is 0 Å². The Morgan fingerprint density at radius 3 is 1.82 bits per heavy atom. The van der Waals surface area contributed by atoms with E-state index in [-0.39, 0.29) is 0 Å². The zero-order valence-electron chi connectivity index (χ0n) is 9.94. The lowest BCUT2D eigenvalue weighted by molar-refractivity contribution is 1.23. The Balaban J connectivity index is 1.99. The van der Waals surface area contributed by atoms with Gasteiger partial charge in [0.2, 0.25) is 0 Å². The van der Waals surface area contributed by atoms with Gasteiger partial charge in [-0.25, -0.2) is 0 Å². The lowest BCUT2D eigenvalue weighted by atomic mass is 10.0. The van der Waals surface area contributed by atoms with Crippen molar-refractivity contribution < 1.29 is 0 Å². The summed E-state index contributed by atoms with van der Waals surface area (Å²) in [6, 6.07) is 15.3. The van der Waals surface area contributed by atoms with E-state index in [2.05, 4.69) is 56.3 Å². The first-order chi connectivity index (χ1) is 8.25. The van der Waals surface area contributed by atoms with Gasteiger partial charge in [0.1, 0.15) is 0 Å². The fraction of sp³-hybridized carbons (Fsp3) is 0.200. The molecule has 17 heavy (non-hydrogen) atoms. The minimum Gasteiger partial charge on any atom is -0.105 e. The molecule has 0 saturated carbocycles. The number of aryl methyl sites for hydroxylation is 2. The van der Waals surface area contributed by atoms with Crippen LogP contribution in [0.15, 0.2) is 52.3 Å². The lowest BCUT2D eigenvalue weighted by Crippen LogP contribution is -1.93. The van der Waals surface area contributed by atoms with Crippen molar-refractivity contribution >= 4 is 23.5 Å². The van der Waals surface area contributed by atoms with Gasteiger partial charge in [0.25, 0.3) is 0 Å². The predicted octanol–water partition coefficient (Wildman–Crippen LogP) is 5.20. The maximum absolute atomic E-state index is 2.22. The first-order valence-electron chi connectivity index (χ1n) is 5.74. The van der Waals surface area contributed by atoms with E-state index in [0.717, 1.165) is 0 Å². The predicted molar refractivity (Wildman–Crippen MR) is 76.8 cm³/mol. The highest BCUT2D eigenvalue weighted by molar-refractivity contribution is 8.19. The average Bonchev–Trinajstić information content (AvgIpc) is 2.71. The maximum atomic E-state index is 2.22. The van der Waals surface area contributed by atoms with Crippen molar-refractivity contribution in [2.24, 2.45) is 0 Å². The van der Waals surface area contributed by atoms with Gasteiger partial charge in [-0.15, -0.1) is 23.5 Å². The summed E-state index contributed by atoms with van der Waals surface area (Å²) in [5, 5.41) is 0. The topological polar surface area (TPSA) is 0 Å². The van der Waals surface area contributed by atoms with E-state index in [1.807, 2.05) is 23.5 Å². The summed E-state index contributed by atoms with van der Waals surface area (Å²) in [5.41, 5.74) is 4.31. The van der Waals surface area contributed by atoms with Gasteiger partial charge in [0.05, 0.1) is 4.58 Å². The summed E-state index contributed by atoms with van der Waals surface area (Å²) >= 11 is 3.96. The van der Waals surface area contributed by atoms with Gasteiger partial charge in [0.15, 0.2) is 0 Å². The van der Waals surface area contributed by atoms with Gasteiger partial charge in [-0.05, 0) is 42.7 Å². The van der Waals surface area contributed by atoms with E-state index in [4.69, 9.17) is 0 Å². The summed E-state index contributed by atoms with van der Waals surface area (Å²) in [6.07, 6.45) is 0. The summed E-state index contributed by atoms with van der Waals surface area (Å²) < 4.78 is 0.522. The number of fused-ring (bicyclic) bond motifs is 1. The van der Waals surface area contributed by atoms with Crippen LogP contribution in [0.25, 0.3) is 0 Å². The fourth-order valence-electron chi connectivity index (χ4n) is 2.22. The SMILES string of the molecule is Cc1cccc(C)c1C1Sc2ccccc2S1. The normalized spacial score (nSPS) is 14.9. The second-order valence-corrected chi connectivity index (χ2v) is 6.91. The highest BCUT2D eigenvalue weighted by Gasteiger charge is 2.26. The van der Waals surface area contributed by atoms with Gasteiger partial charge in [0, 0.05) is 9.79 Å². The molecule has 0 saturated heterocycles. The Hall–Kier alpha value is -0.860. The summed E-state index contributed by atoms with van der Waals surface area (Å²) in [7, 11) is 0. The standard InChI is InChI=1S/C15H14S2/c1-10-6-5-7-11(2)14(10)15-16-12-8-3-4-9-13(12)17-15/h3-9,15H,1-2H3. The molecule has 2 aromatic rings. The van der Waals surface area contributed by atoms with Crippen LogP contribution in [0.2, 0.25) is 0 Å². The molecule has 0 amide bonds. The van der Waals surface area contributed by atoms with E-state index >= 15 is 0 Å². The number of hydrogen-bond acceptors (Lipinski definition) is 2. The van der Waals surface area contributed by atoms with Crippen LogP contribution < -0.4 is 0 Å². The molecule has 0 aromatic heterocycles.